The normalized spacial score (nSPS) is 16.9. The first-order valence-corrected chi connectivity index (χ1v) is 13.6. The Morgan fingerprint density at radius 3 is 2.35 bits per heavy atom. The maximum Gasteiger partial charge on any atom is 0.411 e. The predicted octanol–water partition coefficient (Wildman–Crippen LogP) is 4.49. The summed E-state index contributed by atoms with van der Waals surface area (Å²) in [5.74, 6) is 0. The van der Waals surface area contributed by atoms with E-state index in [-0.39, 0.29) is 12.1 Å². The van der Waals surface area contributed by atoms with Crippen molar-refractivity contribution in [2.24, 2.45) is 0 Å². The minimum Gasteiger partial charge on any atom is -0.446 e. The molecule has 2 aliphatic heterocycles. The van der Waals surface area contributed by atoms with Crippen LogP contribution in [0.15, 0.2) is 54.6 Å². The molecular formula is C29H41N5O3. The molecule has 0 aliphatic carbocycles. The molecule has 2 saturated heterocycles. The van der Waals surface area contributed by atoms with E-state index in [9.17, 15) is 9.59 Å². The molecule has 2 N–H and O–H groups in total. The fraction of sp³-hybridized carbons (Fsp3) is 0.517. The Kier molecular flexibility index (Phi) is 10.2. The topological polar surface area (TPSA) is 77.1 Å². The Labute approximate surface area is 220 Å². The van der Waals surface area contributed by atoms with Gasteiger partial charge in [0.1, 0.15) is 6.10 Å². The van der Waals surface area contributed by atoms with Crippen LogP contribution in [0.1, 0.15) is 32.1 Å². The molecule has 2 aliphatic rings. The number of nitrogens with one attached hydrogen (secondary N) is 2. The van der Waals surface area contributed by atoms with Crippen LogP contribution in [-0.2, 0) is 4.74 Å². The van der Waals surface area contributed by atoms with Crippen LogP contribution < -0.4 is 10.6 Å². The van der Waals surface area contributed by atoms with Gasteiger partial charge in [-0.2, -0.15) is 0 Å². The number of benzene rings is 2. The van der Waals surface area contributed by atoms with Crippen LogP contribution in [0.25, 0.3) is 11.1 Å². The summed E-state index contributed by atoms with van der Waals surface area (Å²) >= 11 is 0. The summed E-state index contributed by atoms with van der Waals surface area (Å²) in [5.41, 5.74) is 2.76. The third-order valence-electron chi connectivity index (χ3n) is 7.28. The molecular weight excluding hydrogens is 466 g/mol. The van der Waals surface area contributed by atoms with Gasteiger partial charge in [-0.3, -0.25) is 5.32 Å². The molecule has 0 saturated carbocycles. The molecule has 8 heteroatoms. The van der Waals surface area contributed by atoms with Crippen molar-refractivity contribution in [3.63, 3.8) is 0 Å². The third-order valence-corrected chi connectivity index (χ3v) is 7.28. The summed E-state index contributed by atoms with van der Waals surface area (Å²) in [5, 5.41) is 5.96. The van der Waals surface area contributed by atoms with Crippen molar-refractivity contribution >= 4 is 17.8 Å². The van der Waals surface area contributed by atoms with Crippen molar-refractivity contribution in [1.29, 1.82) is 0 Å². The van der Waals surface area contributed by atoms with Crippen LogP contribution >= 0.6 is 0 Å². The predicted molar refractivity (Wildman–Crippen MR) is 148 cm³/mol. The lowest BCUT2D eigenvalue weighted by molar-refractivity contribution is 0.0572. The summed E-state index contributed by atoms with van der Waals surface area (Å²) in [7, 11) is 1.85. The third kappa shape index (κ3) is 8.47. The molecule has 2 heterocycles. The van der Waals surface area contributed by atoms with E-state index in [2.05, 4.69) is 20.4 Å². The van der Waals surface area contributed by atoms with E-state index < -0.39 is 6.09 Å². The van der Waals surface area contributed by atoms with Gasteiger partial charge in [0.15, 0.2) is 0 Å². The smallest absolute Gasteiger partial charge is 0.411 e. The van der Waals surface area contributed by atoms with Crippen LogP contribution in [0.5, 0.6) is 0 Å². The largest absolute Gasteiger partial charge is 0.446 e. The zero-order valence-electron chi connectivity index (χ0n) is 22.0. The highest BCUT2D eigenvalue weighted by Gasteiger charge is 2.23. The van der Waals surface area contributed by atoms with Crippen LogP contribution in [0.2, 0.25) is 0 Å². The molecule has 8 nitrogen and oxygen atoms in total. The van der Waals surface area contributed by atoms with Gasteiger partial charge in [0.25, 0.3) is 0 Å². The molecule has 0 radical (unpaired) electrons. The number of carbonyl (C=O) groups excluding carboxylic acids is 2. The second kappa shape index (κ2) is 14.0. The van der Waals surface area contributed by atoms with Crippen molar-refractivity contribution in [3.8, 4) is 11.1 Å². The molecule has 4 rings (SSSR count). The Morgan fingerprint density at radius 1 is 0.919 bits per heavy atom. The average Bonchev–Trinajstić information content (AvgIpc) is 3.45. The average molecular weight is 508 g/mol. The Balaban J connectivity index is 1.12. The van der Waals surface area contributed by atoms with E-state index in [4.69, 9.17) is 4.74 Å². The number of nitrogens with zero attached hydrogens (tertiary/aromatic N) is 3. The first-order valence-electron chi connectivity index (χ1n) is 13.6. The molecule has 200 valence electrons. The number of hydrogen-bond donors (Lipinski definition) is 2. The monoisotopic (exact) mass is 507 g/mol. The summed E-state index contributed by atoms with van der Waals surface area (Å²) in [6, 6.07) is 17.8. The van der Waals surface area contributed by atoms with Crippen LogP contribution in [-0.4, -0.2) is 92.3 Å². The molecule has 2 fully saturated rings. The number of para-hydroxylation sites is 1. The summed E-state index contributed by atoms with van der Waals surface area (Å²) in [6.07, 6.45) is 4.67. The fourth-order valence-electron chi connectivity index (χ4n) is 5.04. The molecule has 2 aromatic carbocycles. The lowest BCUT2D eigenvalue weighted by Gasteiger charge is -2.32. The number of carbonyl (C=O) groups is 2. The molecule has 0 bridgehead atoms. The first-order chi connectivity index (χ1) is 18.1. The summed E-state index contributed by atoms with van der Waals surface area (Å²) < 4.78 is 5.74. The molecule has 37 heavy (non-hydrogen) atoms. The highest BCUT2D eigenvalue weighted by Crippen LogP contribution is 2.28. The number of likely N-dealkylation sites (tertiary alicyclic amines) is 2. The van der Waals surface area contributed by atoms with Gasteiger partial charge >= 0.3 is 12.1 Å². The first kappa shape index (κ1) is 26.9. The minimum atomic E-state index is -0.414. The van der Waals surface area contributed by atoms with Crippen LogP contribution in [0, 0.1) is 0 Å². The maximum atomic E-state index is 12.6. The molecule has 0 unspecified atom stereocenters. The fourth-order valence-corrected chi connectivity index (χ4v) is 5.04. The Bertz CT molecular complexity index is 988. The van der Waals surface area contributed by atoms with Crippen molar-refractivity contribution < 1.29 is 14.3 Å². The van der Waals surface area contributed by atoms with Crippen molar-refractivity contribution in [3.05, 3.63) is 54.6 Å². The molecule has 0 aromatic heterocycles. The zero-order valence-corrected chi connectivity index (χ0v) is 22.0. The van der Waals surface area contributed by atoms with Gasteiger partial charge in [0, 0.05) is 45.3 Å². The van der Waals surface area contributed by atoms with E-state index in [1.807, 2.05) is 61.6 Å². The van der Waals surface area contributed by atoms with Gasteiger partial charge in [-0.15, -0.1) is 0 Å². The summed E-state index contributed by atoms with van der Waals surface area (Å²) in [4.78, 5) is 31.5. The van der Waals surface area contributed by atoms with Gasteiger partial charge in [-0.25, -0.2) is 9.59 Å². The van der Waals surface area contributed by atoms with E-state index in [0.29, 0.717) is 6.54 Å². The van der Waals surface area contributed by atoms with Crippen molar-refractivity contribution in [1.82, 2.24) is 20.0 Å². The lowest BCUT2D eigenvalue weighted by Crippen LogP contribution is -2.45. The van der Waals surface area contributed by atoms with E-state index in [1.165, 1.54) is 25.9 Å². The van der Waals surface area contributed by atoms with Crippen molar-refractivity contribution in [2.45, 2.75) is 38.2 Å². The van der Waals surface area contributed by atoms with Gasteiger partial charge in [0.2, 0.25) is 0 Å². The standard InChI is InChI=1S/C29H41N5O3/c1-32(28(35)30-16-9-19-33-17-7-8-18-33)22-23-34-20-14-25(15-21-34)37-29(36)31-27-13-6-5-12-26(27)24-10-3-2-4-11-24/h2-6,10-13,25H,7-9,14-23H2,1H3,(H,30,35)(H,31,36). The second-order valence-electron chi connectivity index (χ2n) is 10.0. The zero-order chi connectivity index (χ0) is 25.9. The number of urea groups is 1. The van der Waals surface area contributed by atoms with Gasteiger partial charge in [-0.05, 0) is 63.4 Å². The number of likely N-dealkylation sites (N-methyl/N-ethyl adjacent to an activating group) is 1. The van der Waals surface area contributed by atoms with E-state index in [1.54, 1.807) is 4.90 Å². The van der Waals surface area contributed by atoms with Crippen LogP contribution in [0.3, 0.4) is 0 Å². The molecule has 0 atom stereocenters. The SMILES string of the molecule is CN(CCN1CCC(OC(=O)Nc2ccccc2-c2ccccc2)CC1)C(=O)NCCCN1CCCC1. The Morgan fingerprint density at radius 2 is 1.59 bits per heavy atom. The lowest BCUT2D eigenvalue weighted by atomic mass is 10.0. The van der Waals surface area contributed by atoms with Gasteiger partial charge < -0.3 is 24.8 Å². The number of rotatable bonds is 10. The number of piperidine rings is 1. The molecule has 2 aromatic rings. The van der Waals surface area contributed by atoms with Crippen LogP contribution in [0.4, 0.5) is 15.3 Å². The number of ether oxygens (including phenoxy) is 1. The minimum absolute atomic E-state index is 0.00732. The van der Waals surface area contributed by atoms with Gasteiger partial charge in [0.05, 0.1) is 5.69 Å². The van der Waals surface area contributed by atoms with Gasteiger partial charge in [-0.1, -0.05) is 48.5 Å². The van der Waals surface area contributed by atoms with E-state index in [0.717, 1.165) is 68.8 Å². The maximum absolute atomic E-state index is 12.6. The number of anilines is 1. The highest BCUT2D eigenvalue weighted by molar-refractivity contribution is 5.91. The Hall–Kier alpha value is -3.10. The quantitative estimate of drug-likeness (QED) is 0.463. The molecule has 3 amide bonds. The number of hydrogen-bond acceptors (Lipinski definition) is 5. The van der Waals surface area contributed by atoms with E-state index >= 15 is 0 Å². The highest BCUT2D eigenvalue weighted by atomic mass is 16.6. The van der Waals surface area contributed by atoms with Crippen molar-refractivity contribution in [2.75, 3.05) is 64.7 Å². The molecule has 0 spiro atoms. The summed E-state index contributed by atoms with van der Waals surface area (Å²) in [6.45, 7) is 7.39. The second-order valence-corrected chi connectivity index (χ2v) is 10.0. The number of amides is 3.